The SMILES string of the molecule is CCOc1ccccc1N1C(=O)C(=O)N(CN(C)CCOc2ccc(OC)cc2)C1=O. The first-order chi connectivity index (χ1) is 15.0. The first-order valence-corrected chi connectivity index (χ1v) is 9.83. The molecule has 31 heavy (non-hydrogen) atoms. The smallest absolute Gasteiger partial charge is 0.340 e. The van der Waals surface area contributed by atoms with Crippen LogP contribution in [-0.4, -0.2) is 68.2 Å². The van der Waals surface area contributed by atoms with E-state index in [4.69, 9.17) is 14.2 Å². The standard InChI is InChI=1S/C22H25N3O6/c1-4-30-19-8-6-5-7-18(19)25-21(27)20(26)24(22(25)28)15-23(2)13-14-31-17-11-9-16(29-3)10-12-17/h5-12H,4,13-15H2,1-3H3. The van der Waals surface area contributed by atoms with Crippen LogP contribution in [0.4, 0.5) is 10.5 Å². The van der Waals surface area contributed by atoms with Gasteiger partial charge in [-0.1, -0.05) is 12.1 Å². The zero-order chi connectivity index (χ0) is 22.4. The molecule has 0 radical (unpaired) electrons. The zero-order valence-corrected chi connectivity index (χ0v) is 17.7. The number of carbonyl (C=O) groups is 3. The van der Waals surface area contributed by atoms with Gasteiger partial charge in [-0.25, -0.2) is 14.6 Å². The maximum absolute atomic E-state index is 12.9. The molecule has 1 heterocycles. The second kappa shape index (κ2) is 9.94. The number of amides is 4. The van der Waals surface area contributed by atoms with Crippen molar-refractivity contribution in [2.75, 3.05) is 45.5 Å². The van der Waals surface area contributed by atoms with Gasteiger partial charge in [-0.2, -0.15) is 0 Å². The van der Waals surface area contributed by atoms with Crippen molar-refractivity contribution in [3.63, 3.8) is 0 Å². The number of rotatable bonds is 10. The summed E-state index contributed by atoms with van der Waals surface area (Å²) in [6.07, 6.45) is 0. The van der Waals surface area contributed by atoms with Crippen molar-refractivity contribution in [1.82, 2.24) is 9.80 Å². The molecule has 9 nitrogen and oxygen atoms in total. The van der Waals surface area contributed by atoms with Crippen LogP contribution in [0.25, 0.3) is 0 Å². The van der Waals surface area contributed by atoms with Crippen molar-refractivity contribution in [2.24, 2.45) is 0 Å². The van der Waals surface area contributed by atoms with Crippen LogP contribution < -0.4 is 19.1 Å². The molecular formula is C22H25N3O6. The molecule has 4 amide bonds. The van der Waals surface area contributed by atoms with Crippen LogP contribution >= 0.6 is 0 Å². The molecule has 2 aromatic rings. The van der Waals surface area contributed by atoms with Gasteiger partial charge in [-0.05, 0) is 50.4 Å². The second-order valence-electron chi connectivity index (χ2n) is 6.80. The molecule has 0 unspecified atom stereocenters. The van der Waals surface area contributed by atoms with E-state index in [1.165, 1.54) is 0 Å². The first-order valence-electron chi connectivity index (χ1n) is 9.83. The molecule has 1 aliphatic rings. The summed E-state index contributed by atoms with van der Waals surface area (Å²) in [6.45, 7) is 2.89. The van der Waals surface area contributed by atoms with E-state index in [-0.39, 0.29) is 12.4 Å². The van der Waals surface area contributed by atoms with Gasteiger partial charge in [0.2, 0.25) is 0 Å². The van der Waals surface area contributed by atoms with Gasteiger partial charge < -0.3 is 14.2 Å². The lowest BCUT2D eigenvalue weighted by atomic mass is 10.2. The van der Waals surface area contributed by atoms with Gasteiger partial charge in [-0.15, -0.1) is 0 Å². The Labute approximate surface area is 180 Å². The second-order valence-corrected chi connectivity index (χ2v) is 6.80. The highest BCUT2D eigenvalue weighted by atomic mass is 16.5. The maximum Gasteiger partial charge on any atom is 0.340 e. The number of methoxy groups -OCH3 is 1. The molecule has 1 saturated heterocycles. The number of hydrogen-bond donors (Lipinski definition) is 0. The number of likely N-dealkylation sites (N-methyl/N-ethyl adjacent to an activating group) is 1. The van der Waals surface area contributed by atoms with E-state index in [1.807, 2.05) is 0 Å². The molecule has 1 aliphatic heterocycles. The van der Waals surface area contributed by atoms with Crippen molar-refractivity contribution < 1.29 is 28.6 Å². The lowest BCUT2D eigenvalue weighted by molar-refractivity contribution is -0.140. The number of urea groups is 1. The molecule has 2 aromatic carbocycles. The van der Waals surface area contributed by atoms with E-state index in [2.05, 4.69) is 0 Å². The van der Waals surface area contributed by atoms with Gasteiger partial charge in [0.1, 0.15) is 23.9 Å². The average molecular weight is 427 g/mol. The van der Waals surface area contributed by atoms with Crippen molar-refractivity contribution in [3.05, 3.63) is 48.5 Å². The molecule has 1 fully saturated rings. The zero-order valence-electron chi connectivity index (χ0n) is 17.7. The van der Waals surface area contributed by atoms with Gasteiger partial charge in [0.05, 0.1) is 26.1 Å². The number of anilines is 1. The monoisotopic (exact) mass is 427 g/mol. The molecule has 9 heteroatoms. The lowest BCUT2D eigenvalue weighted by Gasteiger charge is -2.23. The molecular weight excluding hydrogens is 402 g/mol. The number of carbonyl (C=O) groups excluding carboxylic acids is 3. The van der Waals surface area contributed by atoms with Crippen LogP contribution in [0, 0.1) is 0 Å². The molecule has 0 atom stereocenters. The number of benzene rings is 2. The number of para-hydroxylation sites is 2. The van der Waals surface area contributed by atoms with E-state index in [1.54, 1.807) is 74.5 Å². The van der Waals surface area contributed by atoms with E-state index in [0.717, 1.165) is 15.5 Å². The molecule has 3 rings (SSSR count). The third kappa shape index (κ3) is 4.95. The summed E-state index contributed by atoms with van der Waals surface area (Å²) in [4.78, 5) is 41.3. The molecule has 0 bridgehead atoms. The highest BCUT2D eigenvalue weighted by Crippen LogP contribution is 2.31. The predicted octanol–water partition coefficient (Wildman–Crippen LogP) is 2.36. The summed E-state index contributed by atoms with van der Waals surface area (Å²) in [6, 6.07) is 13.1. The van der Waals surface area contributed by atoms with Crippen LogP contribution in [-0.2, 0) is 9.59 Å². The van der Waals surface area contributed by atoms with Crippen LogP contribution in [0.5, 0.6) is 17.2 Å². The van der Waals surface area contributed by atoms with E-state index >= 15 is 0 Å². The Balaban J connectivity index is 1.60. The van der Waals surface area contributed by atoms with Crippen LogP contribution in [0.2, 0.25) is 0 Å². The van der Waals surface area contributed by atoms with Crippen molar-refractivity contribution >= 4 is 23.5 Å². The molecule has 164 valence electrons. The summed E-state index contributed by atoms with van der Waals surface area (Å²) in [5.74, 6) is -0.00563. The number of ether oxygens (including phenoxy) is 3. The normalized spacial score (nSPS) is 13.9. The van der Waals surface area contributed by atoms with Gasteiger partial charge in [0.15, 0.2) is 0 Å². The number of nitrogens with zero attached hydrogens (tertiary/aromatic N) is 3. The Hall–Kier alpha value is -3.59. The summed E-state index contributed by atoms with van der Waals surface area (Å²) in [7, 11) is 3.33. The Bertz CT molecular complexity index is 947. The van der Waals surface area contributed by atoms with Crippen LogP contribution in [0.15, 0.2) is 48.5 Å². The Kier molecular flexibility index (Phi) is 7.09. The summed E-state index contributed by atoms with van der Waals surface area (Å²) >= 11 is 0. The minimum absolute atomic E-state index is 0.0390. The van der Waals surface area contributed by atoms with Crippen molar-refractivity contribution in [2.45, 2.75) is 6.92 Å². The van der Waals surface area contributed by atoms with Gasteiger partial charge in [0, 0.05) is 6.54 Å². The first kappa shape index (κ1) is 22.1. The van der Waals surface area contributed by atoms with Gasteiger partial charge in [0.25, 0.3) is 0 Å². The van der Waals surface area contributed by atoms with Gasteiger partial charge in [-0.3, -0.25) is 14.5 Å². The Morgan fingerprint density at radius 3 is 2.26 bits per heavy atom. The Morgan fingerprint density at radius 1 is 0.903 bits per heavy atom. The maximum atomic E-state index is 12.9. The molecule has 0 aliphatic carbocycles. The largest absolute Gasteiger partial charge is 0.497 e. The third-order valence-corrected chi connectivity index (χ3v) is 4.64. The minimum Gasteiger partial charge on any atom is -0.497 e. The molecule has 0 N–H and O–H groups in total. The number of imide groups is 2. The summed E-state index contributed by atoms with van der Waals surface area (Å²) in [5.41, 5.74) is 0.251. The van der Waals surface area contributed by atoms with E-state index in [0.29, 0.717) is 31.3 Å². The van der Waals surface area contributed by atoms with E-state index < -0.39 is 17.8 Å². The fourth-order valence-electron chi connectivity index (χ4n) is 3.07. The fourth-order valence-corrected chi connectivity index (χ4v) is 3.07. The highest BCUT2D eigenvalue weighted by Gasteiger charge is 2.46. The third-order valence-electron chi connectivity index (χ3n) is 4.64. The molecule has 0 spiro atoms. The minimum atomic E-state index is -0.903. The number of hydrogen-bond acceptors (Lipinski definition) is 7. The van der Waals surface area contributed by atoms with Crippen molar-refractivity contribution in [3.8, 4) is 17.2 Å². The highest BCUT2D eigenvalue weighted by molar-refractivity contribution is 6.53. The van der Waals surface area contributed by atoms with Crippen molar-refractivity contribution in [1.29, 1.82) is 0 Å². The lowest BCUT2D eigenvalue weighted by Crippen LogP contribution is -2.42. The average Bonchev–Trinajstić information content (AvgIpc) is 2.98. The molecule has 0 saturated carbocycles. The fraction of sp³-hybridized carbons (Fsp3) is 0.318. The van der Waals surface area contributed by atoms with Crippen LogP contribution in [0.3, 0.4) is 0 Å². The summed E-state index contributed by atoms with van der Waals surface area (Å²) < 4.78 is 16.3. The van der Waals surface area contributed by atoms with E-state index in [9.17, 15) is 14.4 Å². The summed E-state index contributed by atoms with van der Waals surface area (Å²) in [5, 5.41) is 0. The quantitative estimate of drug-likeness (QED) is 0.425. The topological polar surface area (TPSA) is 88.6 Å². The van der Waals surface area contributed by atoms with Gasteiger partial charge >= 0.3 is 17.8 Å². The molecule has 0 aromatic heterocycles. The van der Waals surface area contributed by atoms with Crippen LogP contribution in [0.1, 0.15) is 6.92 Å². The Morgan fingerprint density at radius 2 is 1.58 bits per heavy atom. The predicted molar refractivity (Wildman–Crippen MR) is 113 cm³/mol.